The number of nitrogens with zero attached hydrogens (tertiary/aromatic N) is 3. The highest BCUT2D eigenvalue weighted by Gasteiger charge is 2.37. The van der Waals surface area contributed by atoms with Gasteiger partial charge in [-0.3, -0.25) is 9.69 Å². The van der Waals surface area contributed by atoms with E-state index in [4.69, 9.17) is 4.74 Å². The molecule has 2 amide bonds. The molecular weight excluding hydrogens is 380 g/mol. The fraction of sp³-hybridized carbons (Fsp3) is 0.739. The summed E-state index contributed by atoms with van der Waals surface area (Å²) < 4.78 is 7.60. The first-order valence-electron chi connectivity index (χ1n) is 11.5. The van der Waals surface area contributed by atoms with Crippen LogP contribution < -0.4 is 5.32 Å². The number of hydrogen-bond donors (Lipinski definition) is 1. The lowest BCUT2D eigenvalue weighted by Gasteiger charge is -2.35. The summed E-state index contributed by atoms with van der Waals surface area (Å²) in [7, 11) is 0. The topological polar surface area (TPSA) is 66.8 Å². The van der Waals surface area contributed by atoms with Crippen molar-refractivity contribution in [3.63, 3.8) is 0 Å². The van der Waals surface area contributed by atoms with Crippen molar-refractivity contribution in [1.29, 1.82) is 0 Å². The van der Waals surface area contributed by atoms with E-state index in [1.807, 2.05) is 39.1 Å². The van der Waals surface area contributed by atoms with Gasteiger partial charge in [0.25, 0.3) is 5.91 Å². The minimum atomic E-state index is -0.478. The number of carbonyl (C=O) groups excluding carboxylic acids is 2. The molecule has 30 heavy (non-hydrogen) atoms. The number of rotatable bonds is 3. The zero-order valence-electron chi connectivity index (χ0n) is 18.6. The Morgan fingerprint density at radius 2 is 1.80 bits per heavy atom. The van der Waals surface area contributed by atoms with Gasteiger partial charge in [-0.25, -0.2) is 4.79 Å². The van der Waals surface area contributed by atoms with Crippen molar-refractivity contribution in [3.05, 3.63) is 24.0 Å². The smallest absolute Gasteiger partial charge is 0.410 e. The van der Waals surface area contributed by atoms with Gasteiger partial charge in [-0.15, -0.1) is 0 Å². The molecule has 0 spiro atoms. The van der Waals surface area contributed by atoms with Gasteiger partial charge in [0, 0.05) is 44.0 Å². The summed E-state index contributed by atoms with van der Waals surface area (Å²) >= 11 is 0. The summed E-state index contributed by atoms with van der Waals surface area (Å²) in [5.74, 6) is 0.0343. The molecule has 7 nitrogen and oxygen atoms in total. The molecule has 7 heteroatoms. The number of amides is 2. The maximum absolute atomic E-state index is 13.1. The van der Waals surface area contributed by atoms with Gasteiger partial charge in [-0.05, 0) is 71.6 Å². The second-order valence-corrected chi connectivity index (χ2v) is 9.97. The van der Waals surface area contributed by atoms with E-state index < -0.39 is 5.60 Å². The van der Waals surface area contributed by atoms with Crippen LogP contribution in [0.25, 0.3) is 0 Å². The van der Waals surface area contributed by atoms with Gasteiger partial charge in [0.05, 0.1) is 0 Å². The van der Waals surface area contributed by atoms with Crippen molar-refractivity contribution in [2.24, 2.45) is 0 Å². The third-order valence-electron chi connectivity index (χ3n) is 6.69. The van der Waals surface area contributed by atoms with E-state index in [1.54, 1.807) is 4.90 Å². The largest absolute Gasteiger partial charge is 0.444 e. The third kappa shape index (κ3) is 4.66. The van der Waals surface area contributed by atoms with E-state index in [0.717, 1.165) is 31.5 Å². The minimum absolute atomic E-state index is 0.0343. The highest BCUT2D eigenvalue weighted by Crippen LogP contribution is 2.29. The highest BCUT2D eigenvalue weighted by atomic mass is 16.6. The van der Waals surface area contributed by atoms with Gasteiger partial charge in [-0.1, -0.05) is 6.42 Å². The lowest BCUT2D eigenvalue weighted by Crippen LogP contribution is -2.47. The zero-order chi connectivity index (χ0) is 21.3. The molecule has 0 radical (unpaired) electrons. The fourth-order valence-electron chi connectivity index (χ4n) is 5.22. The van der Waals surface area contributed by atoms with Gasteiger partial charge in [-0.2, -0.15) is 0 Å². The van der Waals surface area contributed by atoms with E-state index in [1.165, 1.54) is 25.8 Å². The minimum Gasteiger partial charge on any atom is -0.444 e. The molecule has 1 aromatic heterocycles. The molecule has 1 N–H and O–H groups in total. The Bertz CT molecular complexity index is 761. The number of nitrogens with one attached hydrogen (secondary N) is 1. The van der Waals surface area contributed by atoms with Crippen molar-refractivity contribution >= 4 is 12.0 Å². The average molecular weight is 417 g/mol. The summed E-state index contributed by atoms with van der Waals surface area (Å²) in [5.41, 5.74) is 0.258. The van der Waals surface area contributed by atoms with Gasteiger partial charge in [0.2, 0.25) is 0 Å². The molecule has 2 atom stereocenters. The lowest BCUT2D eigenvalue weighted by molar-refractivity contribution is 0.0187. The second kappa shape index (κ2) is 8.61. The molecule has 3 saturated heterocycles. The Morgan fingerprint density at radius 1 is 1.03 bits per heavy atom. The van der Waals surface area contributed by atoms with Crippen LogP contribution in [0.5, 0.6) is 0 Å². The fourth-order valence-corrected chi connectivity index (χ4v) is 5.22. The van der Waals surface area contributed by atoms with E-state index in [-0.39, 0.29) is 24.1 Å². The highest BCUT2D eigenvalue weighted by molar-refractivity contribution is 5.93. The van der Waals surface area contributed by atoms with Crippen LogP contribution in [0, 0.1) is 0 Å². The Kier molecular flexibility index (Phi) is 6.09. The Morgan fingerprint density at radius 3 is 2.53 bits per heavy atom. The van der Waals surface area contributed by atoms with Crippen LogP contribution in [0.15, 0.2) is 18.3 Å². The summed E-state index contributed by atoms with van der Waals surface area (Å²) in [4.78, 5) is 29.7. The van der Waals surface area contributed by atoms with Gasteiger partial charge in [0.1, 0.15) is 11.3 Å². The van der Waals surface area contributed by atoms with Gasteiger partial charge < -0.3 is 19.5 Å². The Hall–Kier alpha value is -2.02. The van der Waals surface area contributed by atoms with Crippen molar-refractivity contribution in [3.8, 4) is 0 Å². The molecule has 0 aromatic carbocycles. The molecule has 4 heterocycles. The first-order valence-corrected chi connectivity index (χ1v) is 11.5. The molecule has 1 aromatic rings. The summed E-state index contributed by atoms with van der Waals surface area (Å²) in [5, 5.41) is 3.33. The Balaban J connectivity index is 1.35. The van der Waals surface area contributed by atoms with Crippen LogP contribution in [0.4, 0.5) is 4.79 Å². The molecule has 2 unspecified atom stereocenters. The summed E-state index contributed by atoms with van der Waals surface area (Å²) in [6, 6.07) is 4.87. The monoisotopic (exact) mass is 416 g/mol. The summed E-state index contributed by atoms with van der Waals surface area (Å²) in [6.07, 6.45) is 8.19. The first-order chi connectivity index (χ1) is 14.3. The van der Waals surface area contributed by atoms with Gasteiger partial charge in [0.15, 0.2) is 0 Å². The number of likely N-dealkylation sites (tertiary alicyclic amines) is 1. The lowest BCUT2D eigenvalue weighted by atomic mass is 9.99. The standard InChI is InChI=1S/C23H36N4O3/c1-23(2,3)30-22(29)26-14-9-17(10-15-26)27-13-6-8-20(27)21(28)24-18-11-16-25-12-5-4-7-19(18)25/h6,8,13,17-19H,4-5,7,9-12,14-16H2,1-3H3,(H,24,28). The van der Waals surface area contributed by atoms with Crippen molar-refractivity contribution < 1.29 is 14.3 Å². The van der Waals surface area contributed by atoms with E-state index in [9.17, 15) is 9.59 Å². The van der Waals surface area contributed by atoms with E-state index in [2.05, 4.69) is 14.8 Å². The van der Waals surface area contributed by atoms with Gasteiger partial charge >= 0.3 is 6.09 Å². The second-order valence-electron chi connectivity index (χ2n) is 9.97. The number of carbonyl (C=O) groups is 2. The predicted octanol–water partition coefficient (Wildman–Crippen LogP) is 3.42. The molecule has 3 aliphatic rings. The number of aromatic nitrogens is 1. The van der Waals surface area contributed by atoms with Crippen LogP contribution in [0.3, 0.4) is 0 Å². The molecule has 0 saturated carbocycles. The third-order valence-corrected chi connectivity index (χ3v) is 6.69. The number of ether oxygens (including phenoxy) is 1. The molecule has 0 bridgehead atoms. The van der Waals surface area contributed by atoms with Crippen LogP contribution in [0.1, 0.15) is 75.8 Å². The molecule has 3 aliphatic heterocycles. The van der Waals surface area contributed by atoms with Crippen molar-refractivity contribution in [1.82, 2.24) is 19.7 Å². The predicted molar refractivity (Wildman–Crippen MR) is 116 cm³/mol. The molecule has 0 aliphatic carbocycles. The average Bonchev–Trinajstić information content (AvgIpc) is 3.34. The van der Waals surface area contributed by atoms with Crippen molar-refractivity contribution in [2.45, 2.75) is 83.0 Å². The number of fused-ring (bicyclic) bond motifs is 1. The van der Waals surface area contributed by atoms with E-state index >= 15 is 0 Å². The quantitative estimate of drug-likeness (QED) is 0.820. The zero-order valence-corrected chi connectivity index (χ0v) is 18.6. The molecule has 3 fully saturated rings. The normalized spacial score (nSPS) is 25.8. The van der Waals surface area contributed by atoms with Crippen molar-refractivity contribution in [2.75, 3.05) is 26.2 Å². The molecular formula is C23H36N4O3. The summed E-state index contributed by atoms with van der Waals surface area (Å²) in [6.45, 7) is 9.23. The molecule has 166 valence electrons. The first kappa shape index (κ1) is 21.2. The number of hydrogen-bond acceptors (Lipinski definition) is 4. The van der Waals surface area contributed by atoms with Crippen LogP contribution in [-0.2, 0) is 4.74 Å². The van der Waals surface area contributed by atoms with Crippen LogP contribution in [-0.4, -0.2) is 70.2 Å². The molecule has 4 rings (SSSR count). The SMILES string of the molecule is CC(C)(C)OC(=O)N1CCC(n2cccc2C(=O)NC2CCN3CCCCC23)CC1. The van der Waals surface area contributed by atoms with Crippen LogP contribution >= 0.6 is 0 Å². The Labute approximate surface area is 179 Å². The van der Waals surface area contributed by atoms with Crippen LogP contribution in [0.2, 0.25) is 0 Å². The number of piperidine rings is 2. The maximum atomic E-state index is 13.1. The maximum Gasteiger partial charge on any atom is 0.410 e. The van der Waals surface area contributed by atoms with E-state index in [0.29, 0.717) is 19.1 Å².